The van der Waals surface area contributed by atoms with Crippen molar-refractivity contribution in [2.75, 3.05) is 25.6 Å². The molecule has 1 rings (SSSR count). The Bertz CT molecular complexity index is 435. The van der Waals surface area contributed by atoms with Crippen LogP contribution in [0.1, 0.15) is 26.0 Å². The largest absolute Gasteiger partial charge is 0.475 e. The predicted molar refractivity (Wildman–Crippen MR) is 72.4 cm³/mol. The summed E-state index contributed by atoms with van der Waals surface area (Å²) in [6.07, 6.45) is 0.354. The van der Waals surface area contributed by atoms with E-state index < -0.39 is 0 Å². The van der Waals surface area contributed by atoms with Crippen LogP contribution in [0.3, 0.4) is 0 Å². The molecule has 1 heterocycles. The number of nitrogens with zero attached hydrogens (tertiary/aromatic N) is 3. The Labute approximate surface area is 113 Å². The van der Waals surface area contributed by atoms with E-state index in [1.807, 2.05) is 27.8 Å². The average molecular weight is 267 g/mol. The highest BCUT2D eigenvalue weighted by atomic mass is 16.5. The summed E-state index contributed by atoms with van der Waals surface area (Å²) in [5.74, 6) is 0.833. The van der Waals surface area contributed by atoms with Crippen LogP contribution in [0.5, 0.6) is 5.88 Å². The van der Waals surface area contributed by atoms with Crippen molar-refractivity contribution in [3.63, 3.8) is 0 Å². The van der Waals surface area contributed by atoms with Gasteiger partial charge in [-0.1, -0.05) is 0 Å². The van der Waals surface area contributed by atoms with Crippen molar-refractivity contribution >= 4 is 11.9 Å². The molecule has 1 aromatic heterocycles. The molecule has 0 aliphatic carbocycles. The van der Waals surface area contributed by atoms with Crippen molar-refractivity contribution in [1.29, 1.82) is 0 Å². The number of anilines is 1. The van der Waals surface area contributed by atoms with Crippen molar-refractivity contribution in [2.24, 2.45) is 0 Å². The number of hydrogen-bond donors (Lipinski definition) is 0. The molecule has 0 saturated heterocycles. The van der Waals surface area contributed by atoms with Crippen LogP contribution in [-0.4, -0.2) is 42.7 Å². The second-order valence-corrected chi connectivity index (χ2v) is 4.56. The van der Waals surface area contributed by atoms with Gasteiger partial charge in [0.05, 0.1) is 19.6 Å². The first-order valence-corrected chi connectivity index (χ1v) is 6.22. The molecule has 0 radical (unpaired) electrons. The van der Waals surface area contributed by atoms with Crippen LogP contribution in [0.25, 0.3) is 0 Å². The summed E-state index contributed by atoms with van der Waals surface area (Å²) < 4.78 is 10.2. The third-order valence-electron chi connectivity index (χ3n) is 2.40. The van der Waals surface area contributed by atoms with Crippen LogP contribution in [0.4, 0.5) is 5.95 Å². The summed E-state index contributed by atoms with van der Waals surface area (Å²) in [5.41, 5.74) is 0.825. The molecule has 0 N–H and O–H groups in total. The van der Waals surface area contributed by atoms with Crippen LogP contribution >= 0.6 is 0 Å². The molecule has 1 aromatic rings. The fourth-order valence-electron chi connectivity index (χ4n) is 1.46. The lowest BCUT2D eigenvalue weighted by atomic mass is 10.4. The zero-order valence-electron chi connectivity index (χ0n) is 12.1. The SMILES string of the molecule is COC(=O)CCN(C)c1nc(C)cc(OC(C)C)n1. The quantitative estimate of drug-likeness (QED) is 0.729. The number of hydrogen-bond acceptors (Lipinski definition) is 6. The van der Waals surface area contributed by atoms with Crippen molar-refractivity contribution < 1.29 is 14.3 Å². The van der Waals surface area contributed by atoms with E-state index in [0.29, 0.717) is 24.8 Å². The van der Waals surface area contributed by atoms with E-state index in [-0.39, 0.29) is 12.1 Å². The molecule has 0 aromatic carbocycles. The molecule has 0 bridgehead atoms. The van der Waals surface area contributed by atoms with Crippen LogP contribution in [0.2, 0.25) is 0 Å². The Kier molecular flexibility index (Phi) is 5.54. The highest BCUT2D eigenvalue weighted by molar-refractivity contribution is 5.69. The number of aryl methyl sites for hydroxylation is 1. The lowest BCUT2D eigenvalue weighted by molar-refractivity contribution is -0.140. The summed E-state index contributed by atoms with van der Waals surface area (Å²) in [4.78, 5) is 21.6. The van der Waals surface area contributed by atoms with Crippen molar-refractivity contribution in [2.45, 2.75) is 33.3 Å². The Hall–Kier alpha value is -1.85. The molecule has 0 saturated carbocycles. The minimum absolute atomic E-state index is 0.0579. The summed E-state index contributed by atoms with van der Waals surface area (Å²) in [6.45, 7) is 6.26. The standard InChI is InChI=1S/C13H21N3O3/c1-9(2)19-11-8-10(3)14-13(15-11)16(4)7-6-12(17)18-5/h8-9H,6-7H2,1-5H3. The molecular formula is C13H21N3O3. The van der Waals surface area contributed by atoms with Crippen molar-refractivity contribution in [1.82, 2.24) is 9.97 Å². The highest BCUT2D eigenvalue weighted by Gasteiger charge is 2.11. The van der Waals surface area contributed by atoms with Gasteiger partial charge in [-0.05, 0) is 20.8 Å². The maximum absolute atomic E-state index is 11.1. The molecule has 19 heavy (non-hydrogen) atoms. The zero-order chi connectivity index (χ0) is 14.4. The first-order chi connectivity index (χ1) is 8.92. The molecule has 0 unspecified atom stereocenters. The summed E-state index contributed by atoms with van der Waals surface area (Å²) in [7, 11) is 3.21. The molecule has 106 valence electrons. The number of ether oxygens (including phenoxy) is 2. The smallest absolute Gasteiger partial charge is 0.307 e. The topological polar surface area (TPSA) is 64.5 Å². The first kappa shape index (κ1) is 15.2. The van der Waals surface area contributed by atoms with E-state index in [4.69, 9.17) is 4.74 Å². The molecule has 6 nitrogen and oxygen atoms in total. The second-order valence-electron chi connectivity index (χ2n) is 4.56. The molecule has 0 aliphatic heterocycles. The minimum Gasteiger partial charge on any atom is -0.475 e. The lowest BCUT2D eigenvalue weighted by Gasteiger charge is -2.18. The van der Waals surface area contributed by atoms with Gasteiger partial charge < -0.3 is 14.4 Å². The van der Waals surface area contributed by atoms with Gasteiger partial charge in [0.15, 0.2) is 0 Å². The van der Waals surface area contributed by atoms with Gasteiger partial charge >= 0.3 is 5.97 Å². The van der Waals surface area contributed by atoms with E-state index >= 15 is 0 Å². The van der Waals surface area contributed by atoms with Crippen LogP contribution in [0.15, 0.2) is 6.07 Å². The van der Waals surface area contributed by atoms with Gasteiger partial charge in [-0.25, -0.2) is 4.98 Å². The number of methoxy groups -OCH3 is 1. The predicted octanol–water partition coefficient (Wildman–Crippen LogP) is 1.57. The second kappa shape index (κ2) is 6.92. The maximum atomic E-state index is 11.1. The summed E-state index contributed by atoms with van der Waals surface area (Å²) >= 11 is 0. The normalized spacial score (nSPS) is 10.4. The summed E-state index contributed by atoms with van der Waals surface area (Å²) in [5, 5.41) is 0. The lowest BCUT2D eigenvalue weighted by Crippen LogP contribution is -2.24. The molecule has 6 heteroatoms. The Morgan fingerprint density at radius 3 is 2.68 bits per heavy atom. The average Bonchev–Trinajstić information content (AvgIpc) is 2.33. The van der Waals surface area contributed by atoms with Gasteiger partial charge in [-0.2, -0.15) is 4.98 Å². The molecular weight excluding hydrogens is 246 g/mol. The van der Waals surface area contributed by atoms with Gasteiger partial charge in [0, 0.05) is 25.4 Å². The number of esters is 1. The minimum atomic E-state index is -0.252. The van der Waals surface area contributed by atoms with E-state index in [9.17, 15) is 4.79 Å². The fourth-order valence-corrected chi connectivity index (χ4v) is 1.46. The monoisotopic (exact) mass is 267 g/mol. The van der Waals surface area contributed by atoms with E-state index in [0.717, 1.165) is 5.69 Å². The van der Waals surface area contributed by atoms with Crippen molar-refractivity contribution in [3.8, 4) is 5.88 Å². The van der Waals surface area contributed by atoms with Crippen molar-refractivity contribution in [3.05, 3.63) is 11.8 Å². The number of rotatable bonds is 6. The third-order valence-corrected chi connectivity index (χ3v) is 2.40. The van der Waals surface area contributed by atoms with Crippen LogP contribution < -0.4 is 9.64 Å². The Morgan fingerprint density at radius 2 is 2.11 bits per heavy atom. The van der Waals surface area contributed by atoms with E-state index in [1.54, 1.807) is 11.0 Å². The Balaban J connectivity index is 2.75. The number of aromatic nitrogens is 2. The molecule has 0 aliphatic rings. The van der Waals surface area contributed by atoms with Gasteiger partial charge in [-0.3, -0.25) is 4.79 Å². The number of carbonyl (C=O) groups is 1. The van der Waals surface area contributed by atoms with Gasteiger partial charge in [-0.15, -0.1) is 0 Å². The molecule has 0 spiro atoms. The summed E-state index contributed by atoms with van der Waals surface area (Å²) in [6, 6.07) is 1.79. The van der Waals surface area contributed by atoms with E-state index in [2.05, 4.69) is 14.7 Å². The van der Waals surface area contributed by atoms with Gasteiger partial charge in [0.1, 0.15) is 0 Å². The maximum Gasteiger partial charge on any atom is 0.307 e. The van der Waals surface area contributed by atoms with E-state index in [1.165, 1.54) is 7.11 Å². The van der Waals surface area contributed by atoms with Gasteiger partial charge in [0.25, 0.3) is 0 Å². The molecule has 0 fully saturated rings. The molecule has 0 amide bonds. The first-order valence-electron chi connectivity index (χ1n) is 6.22. The van der Waals surface area contributed by atoms with Crippen LogP contribution in [-0.2, 0) is 9.53 Å². The third kappa shape index (κ3) is 5.11. The van der Waals surface area contributed by atoms with Crippen LogP contribution in [0, 0.1) is 6.92 Å². The Morgan fingerprint density at radius 1 is 1.42 bits per heavy atom. The fraction of sp³-hybridized carbons (Fsp3) is 0.615. The van der Waals surface area contributed by atoms with Gasteiger partial charge in [0.2, 0.25) is 11.8 Å². The highest BCUT2D eigenvalue weighted by Crippen LogP contribution is 2.15. The molecule has 0 atom stereocenters. The zero-order valence-corrected chi connectivity index (χ0v) is 12.1. The number of carbonyl (C=O) groups excluding carboxylic acids is 1.